The second-order valence-electron chi connectivity index (χ2n) is 3.15. The molecule has 0 radical (unpaired) electrons. The van der Waals surface area contributed by atoms with Crippen molar-refractivity contribution in [3.63, 3.8) is 0 Å². The summed E-state index contributed by atoms with van der Waals surface area (Å²) in [6, 6.07) is 6.95. The molecule has 17 heavy (non-hydrogen) atoms. The lowest BCUT2D eigenvalue weighted by Crippen LogP contribution is -1.99. The van der Waals surface area contributed by atoms with Gasteiger partial charge in [-0.1, -0.05) is 23.7 Å². The van der Waals surface area contributed by atoms with Crippen LogP contribution in [0.15, 0.2) is 34.9 Å². The normalized spacial score (nSPS) is 10.2. The van der Waals surface area contributed by atoms with Crippen LogP contribution in [0.2, 0.25) is 5.02 Å². The molecule has 0 aliphatic heterocycles. The Bertz CT molecular complexity index is 538. The first-order valence-electron chi connectivity index (χ1n) is 4.72. The van der Waals surface area contributed by atoms with Crippen molar-refractivity contribution in [2.45, 2.75) is 6.61 Å². The summed E-state index contributed by atoms with van der Waals surface area (Å²) in [5.74, 6) is -0.468. The highest BCUT2D eigenvalue weighted by Crippen LogP contribution is 2.23. The van der Waals surface area contributed by atoms with Crippen LogP contribution in [-0.2, 0) is 6.61 Å². The lowest BCUT2D eigenvalue weighted by atomic mass is 10.3. The Morgan fingerprint density at radius 2 is 2.24 bits per heavy atom. The molecule has 1 aromatic carbocycles. The number of nitrogens with zero attached hydrogens (tertiary/aromatic N) is 1. The fourth-order valence-corrected chi connectivity index (χ4v) is 1.37. The smallest absolute Gasteiger partial charge is 0.357 e. The van der Waals surface area contributed by atoms with Gasteiger partial charge in [-0.15, -0.1) is 0 Å². The molecule has 0 bridgehead atoms. The molecule has 1 heterocycles. The monoisotopic (exact) mass is 253 g/mol. The number of aromatic carboxylic acids is 1. The number of hydrogen-bond acceptors (Lipinski definition) is 4. The molecule has 0 saturated heterocycles. The molecule has 6 heteroatoms. The number of rotatable bonds is 4. The van der Waals surface area contributed by atoms with Crippen molar-refractivity contribution < 1.29 is 19.1 Å². The number of ether oxygens (including phenoxy) is 1. The Labute approximate surface area is 102 Å². The molecule has 0 spiro atoms. The maximum atomic E-state index is 10.6. The number of oxazole rings is 1. The van der Waals surface area contributed by atoms with Crippen LogP contribution in [-0.4, -0.2) is 16.1 Å². The quantitative estimate of drug-likeness (QED) is 0.907. The maximum absolute atomic E-state index is 10.6. The van der Waals surface area contributed by atoms with Crippen LogP contribution in [0.4, 0.5) is 0 Å². The van der Waals surface area contributed by atoms with Crippen LogP contribution in [0, 0.1) is 0 Å². The third-order valence-corrected chi connectivity index (χ3v) is 2.27. The predicted octanol–water partition coefficient (Wildman–Crippen LogP) is 2.61. The van der Waals surface area contributed by atoms with Crippen molar-refractivity contribution in [3.8, 4) is 5.75 Å². The van der Waals surface area contributed by atoms with Gasteiger partial charge in [-0.2, -0.15) is 0 Å². The molecule has 1 aromatic heterocycles. The second kappa shape index (κ2) is 4.88. The fourth-order valence-electron chi connectivity index (χ4n) is 1.18. The molecular weight excluding hydrogens is 246 g/mol. The van der Waals surface area contributed by atoms with E-state index in [-0.39, 0.29) is 18.2 Å². The summed E-state index contributed by atoms with van der Waals surface area (Å²) in [4.78, 5) is 14.3. The van der Waals surface area contributed by atoms with Crippen molar-refractivity contribution in [1.29, 1.82) is 0 Å². The maximum Gasteiger partial charge on any atom is 0.357 e. The van der Waals surface area contributed by atoms with Crippen molar-refractivity contribution in [3.05, 3.63) is 47.1 Å². The zero-order valence-corrected chi connectivity index (χ0v) is 9.35. The van der Waals surface area contributed by atoms with Gasteiger partial charge >= 0.3 is 5.97 Å². The number of aromatic nitrogens is 1. The molecule has 2 aromatic rings. The van der Waals surface area contributed by atoms with Crippen LogP contribution in [0.3, 0.4) is 0 Å². The third kappa shape index (κ3) is 2.76. The first-order chi connectivity index (χ1) is 8.16. The van der Waals surface area contributed by atoms with Crippen LogP contribution in [0.1, 0.15) is 16.4 Å². The van der Waals surface area contributed by atoms with Crippen molar-refractivity contribution in [2.75, 3.05) is 0 Å². The molecule has 1 N–H and O–H groups in total. The van der Waals surface area contributed by atoms with E-state index >= 15 is 0 Å². The standard InChI is InChI=1S/C11H8ClNO4/c12-7-3-1-2-4-9(7)16-6-10-13-8(5-17-10)11(14)15/h1-5H,6H2,(H,14,15). The average molecular weight is 254 g/mol. The number of carboxylic acids is 1. The van der Waals surface area contributed by atoms with Crippen molar-refractivity contribution in [2.24, 2.45) is 0 Å². The number of hydrogen-bond donors (Lipinski definition) is 1. The van der Waals surface area contributed by atoms with Crippen molar-refractivity contribution >= 4 is 17.6 Å². The topological polar surface area (TPSA) is 72.6 Å². The molecule has 5 nitrogen and oxygen atoms in total. The van der Waals surface area contributed by atoms with Crippen LogP contribution < -0.4 is 4.74 Å². The zero-order valence-electron chi connectivity index (χ0n) is 8.59. The summed E-state index contributed by atoms with van der Waals surface area (Å²) < 4.78 is 10.3. The summed E-state index contributed by atoms with van der Waals surface area (Å²) in [7, 11) is 0. The van der Waals surface area contributed by atoms with Crippen LogP contribution >= 0.6 is 11.6 Å². The van der Waals surface area contributed by atoms with E-state index in [1.54, 1.807) is 24.3 Å². The first kappa shape index (κ1) is 11.5. The minimum Gasteiger partial charge on any atom is -0.482 e. The fraction of sp³-hybridized carbons (Fsp3) is 0.0909. The Morgan fingerprint density at radius 3 is 2.88 bits per heavy atom. The number of carboxylic acid groups (broad SMARTS) is 1. The zero-order chi connectivity index (χ0) is 12.3. The van der Waals surface area contributed by atoms with Gasteiger partial charge < -0.3 is 14.3 Å². The molecule has 0 amide bonds. The molecule has 88 valence electrons. The second-order valence-corrected chi connectivity index (χ2v) is 3.56. The lowest BCUT2D eigenvalue weighted by Gasteiger charge is -2.04. The Morgan fingerprint density at radius 1 is 1.47 bits per heavy atom. The Kier molecular flexibility index (Phi) is 3.30. The van der Waals surface area contributed by atoms with Gasteiger partial charge in [-0.3, -0.25) is 0 Å². The third-order valence-electron chi connectivity index (χ3n) is 1.96. The van der Waals surface area contributed by atoms with Crippen LogP contribution in [0.5, 0.6) is 5.75 Å². The Balaban J connectivity index is 2.02. The summed E-state index contributed by atoms with van der Waals surface area (Å²) in [5.41, 5.74) is -0.150. The molecule has 0 aliphatic carbocycles. The predicted molar refractivity (Wildman–Crippen MR) is 59.2 cm³/mol. The highest BCUT2D eigenvalue weighted by Gasteiger charge is 2.11. The Hall–Kier alpha value is -2.01. The van der Waals surface area contributed by atoms with Gasteiger partial charge in [0, 0.05) is 0 Å². The molecule has 0 fully saturated rings. The average Bonchev–Trinajstić information content (AvgIpc) is 2.77. The van der Waals surface area contributed by atoms with E-state index in [4.69, 9.17) is 25.9 Å². The van der Waals surface area contributed by atoms with Gasteiger partial charge in [0.2, 0.25) is 5.89 Å². The van der Waals surface area contributed by atoms with E-state index in [2.05, 4.69) is 4.98 Å². The van der Waals surface area contributed by atoms with Gasteiger partial charge in [0.1, 0.15) is 12.0 Å². The number of carbonyl (C=O) groups is 1. The van der Waals surface area contributed by atoms with E-state index in [0.717, 1.165) is 6.26 Å². The molecule has 0 aliphatic rings. The van der Waals surface area contributed by atoms with E-state index < -0.39 is 5.97 Å². The summed E-state index contributed by atoms with van der Waals surface area (Å²) in [5, 5.41) is 9.11. The number of para-hydroxylation sites is 1. The summed E-state index contributed by atoms with van der Waals surface area (Å²) >= 11 is 5.88. The van der Waals surface area contributed by atoms with Gasteiger partial charge in [0.05, 0.1) is 5.02 Å². The van der Waals surface area contributed by atoms with Gasteiger partial charge in [0.15, 0.2) is 12.3 Å². The van der Waals surface area contributed by atoms with Gasteiger partial charge in [0.25, 0.3) is 0 Å². The number of benzene rings is 1. The largest absolute Gasteiger partial charge is 0.482 e. The summed E-state index contributed by atoms with van der Waals surface area (Å²) in [6.45, 7) is 0.0248. The van der Waals surface area contributed by atoms with E-state index in [1.807, 2.05) is 0 Å². The molecule has 2 rings (SSSR count). The van der Waals surface area contributed by atoms with Gasteiger partial charge in [-0.05, 0) is 12.1 Å². The molecule has 0 saturated carbocycles. The molecular formula is C11H8ClNO4. The van der Waals surface area contributed by atoms with E-state index in [1.165, 1.54) is 0 Å². The van der Waals surface area contributed by atoms with Crippen molar-refractivity contribution in [1.82, 2.24) is 4.98 Å². The number of halogens is 1. The minimum atomic E-state index is -1.14. The SMILES string of the molecule is O=C(O)c1coc(COc2ccccc2Cl)n1. The summed E-state index contributed by atoms with van der Waals surface area (Å²) in [6.07, 6.45) is 1.06. The molecule has 0 atom stereocenters. The minimum absolute atomic E-state index is 0.0248. The highest BCUT2D eigenvalue weighted by atomic mass is 35.5. The highest BCUT2D eigenvalue weighted by molar-refractivity contribution is 6.32. The van der Waals surface area contributed by atoms with Crippen LogP contribution in [0.25, 0.3) is 0 Å². The first-order valence-corrected chi connectivity index (χ1v) is 5.09. The molecule has 0 unspecified atom stereocenters. The lowest BCUT2D eigenvalue weighted by molar-refractivity contribution is 0.0690. The van der Waals surface area contributed by atoms with E-state index in [0.29, 0.717) is 10.8 Å². The van der Waals surface area contributed by atoms with Gasteiger partial charge in [-0.25, -0.2) is 9.78 Å². The van der Waals surface area contributed by atoms with E-state index in [9.17, 15) is 4.79 Å².